The van der Waals surface area contributed by atoms with Crippen LogP contribution in [0.3, 0.4) is 0 Å². The highest BCUT2D eigenvalue weighted by Gasteiger charge is 2.41. The van der Waals surface area contributed by atoms with Crippen LogP contribution in [-0.4, -0.2) is 34.3 Å². The van der Waals surface area contributed by atoms with Crippen molar-refractivity contribution >= 4 is 23.2 Å². The van der Waals surface area contributed by atoms with Crippen molar-refractivity contribution in [1.82, 2.24) is 15.2 Å². The van der Waals surface area contributed by atoms with E-state index in [2.05, 4.69) is 15.7 Å². The van der Waals surface area contributed by atoms with Gasteiger partial charge < -0.3 is 10.2 Å². The van der Waals surface area contributed by atoms with E-state index in [0.29, 0.717) is 5.92 Å². The summed E-state index contributed by atoms with van der Waals surface area (Å²) in [7, 11) is 0. The summed E-state index contributed by atoms with van der Waals surface area (Å²) >= 11 is 1.70. The summed E-state index contributed by atoms with van der Waals surface area (Å²) < 4.78 is 0. The van der Waals surface area contributed by atoms with Crippen LogP contribution in [-0.2, 0) is 9.59 Å². The molecule has 0 unspecified atom stereocenters. The zero-order chi connectivity index (χ0) is 16.0. The molecule has 2 amide bonds. The summed E-state index contributed by atoms with van der Waals surface area (Å²) in [4.78, 5) is 31.4. The number of thiazole rings is 1. The minimum absolute atomic E-state index is 0.0232. The van der Waals surface area contributed by atoms with E-state index < -0.39 is 0 Å². The molecule has 2 aliphatic carbocycles. The number of nitrogens with one attached hydrogen (secondary N) is 1. The van der Waals surface area contributed by atoms with E-state index in [1.807, 2.05) is 6.92 Å². The van der Waals surface area contributed by atoms with Crippen molar-refractivity contribution in [2.24, 2.45) is 5.92 Å². The highest BCUT2D eigenvalue weighted by Crippen LogP contribution is 2.41. The first kappa shape index (κ1) is 15.1. The number of hydrogen-bond donors (Lipinski definition) is 1. The lowest BCUT2D eigenvalue weighted by molar-refractivity contribution is -0.139. The van der Waals surface area contributed by atoms with Gasteiger partial charge in [-0.05, 0) is 45.4 Å². The Kier molecular flexibility index (Phi) is 3.87. The van der Waals surface area contributed by atoms with E-state index in [0.717, 1.165) is 37.9 Å². The van der Waals surface area contributed by atoms with Crippen molar-refractivity contribution in [2.75, 3.05) is 6.54 Å². The third-order valence-corrected chi connectivity index (χ3v) is 6.06. The summed E-state index contributed by atoms with van der Waals surface area (Å²) in [6.45, 7) is 2.70. The number of nitrogens with zero attached hydrogens (tertiary/aromatic N) is 2. The van der Waals surface area contributed by atoms with Crippen LogP contribution in [0.4, 0.5) is 0 Å². The van der Waals surface area contributed by atoms with Crippen LogP contribution in [0, 0.1) is 5.92 Å². The molecule has 3 fully saturated rings. The van der Waals surface area contributed by atoms with E-state index >= 15 is 0 Å². The third kappa shape index (κ3) is 3.13. The first-order valence-corrected chi connectivity index (χ1v) is 9.57. The van der Waals surface area contributed by atoms with Gasteiger partial charge in [-0.1, -0.05) is 0 Å². The largest absolute Gasteiger partial charge is 0.346 e. The van der Waals surface area contributed by atoms with Gasteiger partial charge in [0.2, 0.25) is 11.8 Å². The van der Waals surface area contributed by atoms with Crippen molar-refractivity contribution in [3.05, 3.63) is 16.1 Å². The number of likely N-dealkylation sites (tertiary alicyclic amines) is 1. The molecule has 2 atom stereocenters. The van der Waals surface area contributed by atoms with Crippen molar-refractivity contribution in [3.63, 3.8) is 0 Å². The lowest BCUT2D eigenvalue weighted by Crippen LogP contribution is -2.47. The van der Waals surface area contributed by atoms with Crippen molar-refractivity contribution in [2.45, 2.75) is 63.5 Å². The third-order valence-electron chi connectivity index (χ3n) is 5.03. The van der Waals surface area contributed by atoms with Crippen LogP contribution >= 0.6 is 11.3 Å². The highest BCUT2D eigenvalue weighted by atomic mass is 32.1. The fraction of sp³-hybridized carbons (Fsp3) is 0.706. The van der Waals surface area contributed by atoms with Gasteiger partial charge in [0.25, 0.3) is 0 Å². The summed E-state index contributed by atoms with van der Waals surface area (Å²) in [6, 6.07) is -0.378. The number of aromatic nitrogens is 1. The van der Waals surface area contributed by atoms with Crippen LogP contribution in [0.25, 0.3) is 0 Å². The number of rotatable bonds is 5. The van der Waals surface area contributed by atoms with Crippen LogP contribution in [0.15, 0.2) is 5.38 Å². The fourth-order valence-electron chi connectivity index (χ4n) is 3.27. The van der Waals surface area contributed by atoms with E-state index in [1.165, 1.54) is 17.8 Å². The normalized spacial score (nSPS) is 25.4. The minimum atomic E-state index is -0.285. The Balaban J connectivity index is 1.38. The molecule has 6 heteroatoms. The monoisotopic (exact) mass is 333 g/mol. The predicted octanol–water partition coefficient (Wildman–Crippen LogP) is 2.60. The smallest absolute Gasteiger partial charge is 0.243 e. The van der Waals surface area contributed by atoms with Gasteiger partial charge in [-0.25, -0.2) is 4.98 Å². The van der Waals surface area contributed by atoms with Crippen molar-refractivity contribution in [1.29, 1.82) is 0 Å². The molecule has 4 rings (SSSR count). The van der Waals surface area contributed by atoms with Gasteiger partial charge in [0.05, 0.1) is 16.7 Å². The second kappa shape index (κ2) is 5.89. The maximum absolute atomic E-state index is 12.6. The molecule has 3 aliphatic rings. The van der Waals surface area contributed by atoms with E-state index in [4.69, 9.17) is 0 Å². The molecule has 23 heavy (non-hydrogen) atoms. The minimum Gasteiger partial charge on any atom is -0.346 e. The van der Waals surface area contributed by atoms with Gasteiger partial charge >= 0.3 is 0 Å². The maximum atomic E-state index is 12.6. The Morgan fingerprint density at radius 2 is 2.09 bits per heavy atom. The van der Waals surface area contributed by atoms with E-state index in [1.54, 1.807) is 16.2 Å². The van der Waals surface area contributed by atoms with E-state index in [-0.39, 0.29) is 29.8 Å². The SMILES string of the molecule is C[C@@H](NC(=O)[C@@H]1CCCN1C(=O)C1CC1)c1csc(C2CC2)n1. The molecule has 1 saturated heterocycles. The van der Waals surface area contributed by atoms with Gasteiger partial charge in [0.15, 0.2) is 0 Å². The molecule has 1 aromatic heterocycles. The molecule has 124 valence electrons. The molecule has 0 spiro atoms. The molecule has 0 aromatic carbocycles. The van der Waals surface area contributed by atoms with Crippen LogP contribution < -0.4 is 5.32 Å². The highest BCUT2D eigenvalue weighted by molar-refractivity contribution is 7.09. The van der Waals surface area contributed by atoms with Crippen molar-refractivity contribution < 1.29 is 9.59 Å². The van der Waals surface area contributed by atoms with Gasteiger partial charge in [0.1, 0.15) is 6.04 Å². The Bertz CT molecular complexity index is 621. The average molecular weight is 333 g/mol. The maximum Gasteiger partial charge on any atom is 0.243 e. The molecule has 1 aromatic rings. The Labute approximate surface area is 140 Å². The molecule has 0 radical (unpaired) electrons. The molecular formula is C17H23N3O2S. The topological polar surface area (TPSA) is 62.3 Å². The number of carbonyl (C=O) groups excluding carboxylic acids is 2. The lowest BCUT2D eigenvalue weighted by atomic mass is 10.1. The Hall–Kier alpha value is -1.43. The van der Waals surface area contributed by atoms with Gasteiger partial charge in [-0.2, -0.15) is 0 Å². The molecule has 1 N–H and O–H groups in total. The molecular weight excluding hydrogens is 310 g/mol. The second-order valence-corrected chi connectivity index (χ2v) is 7.97. The molecule has 5 nitrogen and oxygen atoms in total. The summed E-state index contributed by atoms with van der Waals surface area (Å²) in [5.41, 5.74) is 0.948. The summed E-state index contributed by atoms with van der Waals surface area (Å²) in [6.07, 6.45) is 6.17. The zero-order valence-electron chi connectivity index (χ0n) is 13.5. The molecule has 0 bridgehead atoms. The average Bonchev–Trinajstić information content (AvgIpc) is 3.46. The quantitative estimate of drug-likeness (QED) is 0.901. The van der Waals surface area contributed by atoms with E-state index in [9.17, 15) is 9.59 Å². The van der Waals surface area contributed by atoms with Crippen LogP contribution in [0.1, 0.15) is 68.1 Å². The molecule has 2 heterocycles. The van der Waals surface area contributed by atoms with Gasteiger partial charge in [0, 0.05) is 23.8 Å². The Morgan fingerprint density at radius 1 is 1.30 bits per heavy atom. The van der Waals surface area contributed by atoms with Gasteiger partial charge in [-0.3, -0.25) is 9.59 Å². The van der Waals surface area contributed by atoms with Crippen LogP contribution in [0.5, 0.6) is 0 Å². The molecule has 1 aliphatic heterocycles. The lowest BCUT2D eigenvalue weighted by Gasteiger charge is -2.25. The number of hydrogen-bond acceptors (Lipinski definition) is 4. The van der Waals surface area contributed by atoms with Crippen molar-refractivity contribution in [3.8, 4) is 0 Å². The number of carbonyl (C=O) groups is 2. The van der Waals surface area contributed by atoms with Crippen LogP contribution in [0.2, 0.25) is 0 Å². The standard InChI is InChI=1S/C17H23N3O2S/c1-10(13-9-23-16(19-13)11-4-5-11)18-15(21)14-3-2-8-20(14)17(22)12-6-7-12/h9-12,14H,2-8H2,1H3,(H,18,21)/t10-,14+/m1/s1. The summed E-state index contributed by atoms with van der Waals surface area (Å²) in [5.74, 6) is 0.989. The molecule has 2 saturated carbocycles. The second-order valence-electron chi connectivity index (χ2n) is 7.08. The predicted molar refractivity (Wildman–Crippen MR) is 88.1 cm³/mol. The Morgan fingerprint density at radius 3 is 2.78 bits per heavy atom. The summed E-state index contributed by atoms with van der Waals surface area (Å²) in [5, 5.41) is 6.32. The first-order chi connectivity index (χ1) is 11.1. The fourth-order valence-corrected chi connectivity index (χ4v) is 4.35. The first-order valence-electron chi connectivity index (χ1n) is 8.69. The zero-order valence-corrected chi connectivity index (χ0v) is 14.3. The van der Waals surface area contributed by atoms with Gasteiger partial charge in [-0.15, -0.1) is 11.3 Å². The number of amides is 2.